The summed E-state index contributed by atoms with van der Waals surface area (Å²) in [6, 6.07) is -1.31. The van der Waals surface area contributed by atoms with Gasteiger partial charge in [0.05, 0.1) is 31.1 Å². The Balaban J connectivity index is 1.35. The molecule has 2 aliphatic heterocycles. The van der Waals surface area contributed by atoms with Gasteiger partial charge in [0.1, 0.15) is 48.4 Å². The molecule has 2 aliphatic carbocycles. The van der Waals surface area contributed by atoms with Crippen LogP contribution in [0.5, 0.6) is 0 Å². The first-order valence-electron chi connectivity index (χ1n) is 22.5. The van der Waals surface area contributed by atoms with Crippen LogP contribution in [0.3, 0.4) is 0 Å². The number of aliphatic carboxylic acids is 1. The largest absolute Gasteiger partial charge is 0.479 e. The van der Waals surface area contributed by atoms with E-state index in [2.05, 4.69) is 20.9 Å². The van der Waals surface area contributed by atoms with E-state index in [1.165, 1.54) is 20.0 Å². The Hall–Kier alpha value is -3.22. The van der Waals surface area contributed by atoms with Crippen LogP contribution in [0.1, 0.15) is 108 Å². The van der Waals surface area contributed by atoms with Crippen molar-refractivity contribution >= 4 is 23.6 Å². The Morgan fingerprint density at radius 3 is 2.37 bits per heavy atom. The van der Waals surface area contributed by atoms with Crippen LogP contribution in [0.2, 0.25) is 0 Å². The summed E-state index contributed by atoms with van der Waals surface area (Å²) in [7, 11) is 1.60. The highest BCUT2D eigenvalue weighted by Gasteiger charge is 2.53. The standard InChI is InChI=1S/C42H69N5O16/c1-5-25-18-26(28(50)13-9-14-43-39(55)27-20-47(46-45-27)15-10-16-58-4)19-29(37(25)63-42-36(54)35(53)33(51)22(2)59-42)61-41-32(44-23(3)49)38(34(52)31(21-48)62-41)60-30(40(56)57)17-24-11-7-6-8-12-24/h20,22,24-26,29-38,41-42,48,51-54H,5-19,21H2,1-4H3,(H,43,55)(H,44,49)(H,56,57)/t22?,25?,26?,29-,30+,31+,32?,33-,34+,35+,36?,37-,38?,41-,42+/m1/s1. The van der Waals surface area contributed by atoms with Gasteiger partial charge in [0.15, 0.2) is 24.4 Å². The maximum absolute atomic E-state index is 14.0. The molecule has 8 N–H and O–H groups in total. The molecule has 6 unspecified atom stereocenters. The SMILES string of the molecule is CCC1CC(C(=O)CCCNC(=O)c2cn(CCCOC)nn2)C[C@@H](O[C@@H]2O[C@@H](CO)[C@H](O)C(O[C@@H](CC3CCCCC3)C(=O)O)C2NC(C)=O)[C@@H]1O[C@@H]1OC(C)[C@@H](O)[C@H](O)C1O. The molecule has 4 fully saturated rings. The van der Waals surface area contributed by atoms with E-state index < -0.39 is 116 Å². The van der Waals surface area contributed by atoms with Gasteiger partial charge in [0, 0.05) is 46.1 Å². The van der Waals surface area contributed by atoms with Crippen molar-refractivity contribution in [2.75, 3.05) is 26.9 Å². The van der Waals surface area contributed by atoms with Crippen molar-refractivity contribution in [2.24, 2.45) is 17.8 Å². The molecule has 3 heterocycles. The lowest BCUT2D eigenvalue weighted by Gasteiger charge is -2.49. The second kappa shape index (κ2) is 24.3. The molecule has 0 spiro atoms. The fraction of sp³-hybridized carbons (Fsp3) is 0.857. The number of nitrogens with zero attached hydrogens (tertiary/aromatic N) is 3. The highest BCUT2D eigenvalue weighted by atomic mass is 16.7. The van der Waals surface area contributed by atoms with E-state index in [0.717, 1.165) is 32.1 Å². The summed E-state index contributed by atoms with van der Waals surface area (Å²) in [5, 5.41) is 77.5. The monoisotopic (exact) mass is 899 g/mol. The second-order valence-corrected chi connectivity index (χ2v) is 17.4. The Kier molecular flexibility index (Phi) is 19.6. The first-order valence-corrected chi connectivity index (χ1v) is 22.5. The fourth-order valence-electron chi connectivity index (χ4n) is 9.27. The number of Topliss-reactive ketones (excluding diaryl/α,β-unsaturated/α-hetero) is 1. The zero-order valence-electron chi connectivity index (χ0n) is 36.7. The van der Waals surface area contributed by atoms with Gasteiger partial charge < -0.3 is 69.7 Å². The predicted octanol–water partition coefficient (Wildman–Crippen LogP) is -0.181. The van der Waals surface area contributed by atoms with E-state index >= 15 is 0 Å². The lowest BCUT2D eigenvalue weighted by molar-refractivity contribution is -0.338. The Bertz CT molecular complexity index is 1610. The molecule has 63 heavy (non-hydrogen) atoms. The molecule has 0 radical (unpaired) electrons. The van der Waals surface area contributed by atoms with Crippen molar-refractivity contribution in [1.29, 1.82) is 0 Å². The van der Waals surface area contributed by atoms with E-state index in [1.807, 2.05) is 6.92 Å². The van der Waals surface area contributed by atoms with Crippen molar-refractivity contribution in [3.8, 4) is 0 Å². The zero-order valence-corrected chi connectivity index (χ0v) is 36.7. The van der Waals surface area contributed by atoms with Gasteiger partial charge in [-0.2, -0.15) is 0 Å². The van der Waals surface area contributed by atoms with Crippen LogP contribution < -0.4 is 10.6 Å². The van der Waals surface area contributed by atoms with Crippen LogP contribution in [0.15, 0.2) is 6.20 Å². The maximum atomic E-state index is 14.0. The summed E-state index contributed by atoms with van der Waals surface area (Å²) in [4.78, 5) is 52.1. The number of carbonyl (C=O) groups excluding carboxylic acids is 3. The minimum absolute atomic E-state index is 0.0338. The number of ketones is 1. The van der Waals surface area contributed by atoms with Crippen LogP contribution in [0.25, 0.3) is 0 Å². The summed E-state index contributed by atoms with van der Waals surface area (Å²) >= 11 is 0. The lowest BCUT2D eigenvalue weighted by Crippen LogP contribution is -2.67. The van der Waals surface area contributed by atoms with E-state index in [4.69, 9.17) is 28.4 Å². The molecule has 1 aromatic rings. The van der Waals surface area contributed by atoms with Gasteiger partial charge in [0.25, 0.3) is 5.91 Å². The molecule has 358 valence electrons. The van der Waals surface area contributed by atoms with Gasteiger partial charge in [-0.15, -0.1) is 5.10 Å². The van der Waals surface area contributed by atoms with Crippen LogP contribution >= 0.6 is 0 Å². The van der Waals surface area contributed by atoms with Crippen LogP contribution in [-0.2, 0) is 49.3 Å². The number of carbonyl (C=O) groups is 4. The van der Waals surface area contributed by atoms with Gasteiger partial charge in [-0.1, -0.05) is 50.7 Å². The van der Waals surface area contributed by atoms with E-state index in [1.54, 1.807) is 11.8 Å². The third kappa shape index (κ3) is 13.7. The molecule has 15 atom stereocenters. The Morgan fingerprint density at radius 1 is 0.952 bits per heavy atom. The molecular formula is C42H69N5O16. The van der Waals surface area contributed by atoms with Crippen LogP contribution in [0, 0.1) is 17.8 Å². The summed E-state index contributed by atoms with van der Waals surface area (Å²) in [5.74, 6) is -3.33. The molecule has 2 saturated heterocycles. The molecule has 21 nitrogen and oxygen atoms in total. The number of aliphatic hydroxyl groups is 5. The number of aryl methyl sites for hydroxylation is 1. The number of amides is 2. The number of carboxylic acid groups (broad SMARTS) is 1. The first kappa shape index (κ1) is 50.8. The molecule has 2 amide bonds. The second-order valence-electron chi connectivity index (χ2n) is 17.4. The lowest BCUT2D eigenvalue weighted by atomic mass is 9.74. The van der Waals surface area contributed by atoms with E-state index in [-0.39, 0.29) is 43.2 Å². The van der Waals surface area contributed by atoms with Gasteiger partial charge >= 0.3 is 5.97 Å². The summed E-state index contributed by atoms with van der Waals surface area (Å²) in [6.45, 7) is 5.14. The Labute approximate surface area is 367 Å². The highest BCUT2D eigenvalue weighted by Crippen LogP contribution is 2.40. The number of rotatable bonds is 22. The smallest absolute Gasteiger partial charge is 0.332 e. The number of hydrogen-bond donors (Lipinski definition) is 8. The van der Waals surface area contributed by atoms with Crippen molar-refractivity contribution in [2.45, 2.75) is 184 Å². The minimum atomic E-state index is -1.66. The van der Waals surface area contributed by atoms with Crippen molar-refractivity contribution < 1.29 is 78.2 Å². The topological polar surface area (TPSA) is 300 Å². The molecule has 0 aromatic carbocycles. The normalized spacial score (nSPS) is 34.6. The van der Waals surface area contributed by atoms with Gasteiger partial charge in [-0.3, -0.25) is 19.1 Å². The number of methoxy groups -OCH3 is 1. The summed E-state index contributed by atoms with van der Waals surface area (Å²) in [6.07, 6.45) is -7.95. The van der Waals surface area contributed by atoms with Crippen LogP contribution in [-0.4, -0.2) is 176 Å². The number of aromatic nitrogens is 3. The number of hydrogen-bond acceptors (Lipinski definition) is 17. The molecule has 2 saturated carbocycles. The number of ether oxygens (including phenoxy) is 6. The minimum Gasteiger partial charge on any atom is -0.479 e. The number of nitrogens with one attached hydrogen (secondary N) is 2. The number of aliphatic hydroxyl groups excluding tert-OH is 5. The third-order valence-electron chi connectivity index (χ3n) is 12.8. The molecule has 5 rings (SSSR count). The zero-order chi connectivity index (χ0) is 45.8. The number of carboxylic acids is 1. The summed E-state index contributed by atoms with van der Waals surface area (Å²) < 4.78 is 37.8. The average molecular weight is 900 g/mol. The molecule has 4 aliphatic rings. The van der Waals surface area contributed by atoms with Crippen molar-refractivity contribution in [1.82, 2.24) is 25.6 Å². The molecule has 21 heteroatoms. The fourth-order valence-corrected chi connectivity index (χ4v) is 9.27. The first-order chi connectivity index (χ1) is 30.1. The quantitative estimate of drug-likeness (QED) is 0.0700. The van der Waals surface area contributed by atoms with Gasteiger partial charge in [0.2, 0.25) is 5.91 Å². The molecular weight excluding hydrogens is 830 g/mol. The average Bonchev–Trinajstić information content (AvgIpc) is 3.74. The predicted molar refractivity (Wildman–Crippen MR) is 219 cm³/mol. The van der Waals surface area contributed by atoms with Gasteiger partial charge in [-0.25, -0.2) is 4.79 Å². The van der Waals surface area contributed by atoms with Gasteiger partial charge in [-0.05, 0) is 50.9 Å². The van der Waals surface area contributed by atoms with Crippen molar-refractivity contribution in [3.63, 3.8) is 0 Å². The van der Waals surface area contributed by atoms with Crippen LogP contribution in [0.4, 0.5) is 0 Å². The summed E-state index contributed by atoms with van der Waals surface area (Å²) in [5.41, 5.74) is 0.139. The maximum Gasteiger partial charge on any atom is 0.332 e. The van der Waals surface area contributed by atoms with E-state index in [0.29, 0.717) is 38.8 Å². The van der Waals surface area contributed by atoms with E-state index in [9.17, 15) is 49.8 Å². The molecule has 0 bridgehead atoms. The third-order valence-corrected chi connectivity index (χ3v) is 12.8. The van der Waals surface area contributed by atoms with Crippen molar-refractivity contribution in [3.05, 3.63) is 11.9 Å². The highest BCUT2D eigenvalue weighted by molar-refractivity contribution is 5.91. The molecule has 1 aromatic heterocycles. The Morgan fingerprint density at radius 2 is 1.70 bits per heavy atom.